The molecule has 12 amide bonds. The number of hydrogen-bond donors (Lipinski definition) is 22. The molecule has 77 heavy (non-hydrogen) atoms. The van der Waals surface area contributed by atoms with Crippen LogP contribution in [0.5, 0.6) is 0 Å². The minimum Gasteiger partial charge on any atom is -0.387 e. The van der Waals surface area contributed by atoms with Crippen molar-refractivity contribution in [2.75, 3.05) is 77.7 Å². The largest absolute Gasteiger partial charge is 0.387 e. The van der Waals surface area contributed by atoms with Crippen LogP contribution in [-0.2, 0) is 0 Å². The molecule has 436 valence electrons. The summed E-state index contributed by atoms with van der Waals surface area (Å²) in [6, 6.07) is -4.95. The van der Waals surface area contributed by atoms with E-state index in [-0.39, 0.29) is 87.6 Å². The summed E-state index contributed by atoms with van der Waals surface area (Å²) in [5, 5.41) is 35.8. The van der Waals surface area contributed by atoms with E-state index in [9.17, 15) is 28.8 Å². The van der Waals surface area contributed by atoms with Gasteiger partial charge in [-0.15, -0.1) is 0 Å². The second kappa shape index (κ2) is 43.6. The topological polar surface area (TPSA) is 504 Å². The molecule has 0 radical (unpaired) electrons. The summed E-state index contributed by atoms with van der Waals surface area (Å²) in [6.45, 7) is 11.5. The van der Waals surface area contributed by atoms with Gasteiger partial charge in [-0.25, -0.2) is 33.8 Å². The fraction of sp³-hybridized carbons (Fsp3) is 0.587. The molecule has 0 aliphatic carbocycles. The number of hydrogen-bond acceptors (Lipinski definition) is 14. The van der Waals surface area contributed by atoms with Gasteiger partial charge in [0.05, 0.1) is 25.5 Å². The number of carbonyl (C=O) groups is 6. The summed E-state index contributed by atoms with van der Waals surface area (Å²) >= 11 is 4.28. The van der Waals surface area contributed by atoms with E-state index in [1.807, 2.05) is 6.92 Å². The molecule has 0 aromatic carbocycles. The van der Waals surface area contributed by atoms with E-state index in [0.717, 1.165) is 18.5 Å². The number of aliphatic imine (C=N–C) groups is 3. The maximum atomic E-state index is 13.3. The minimum atomic E-state index is -0.803. The molecule has 30 nitrogen and oxygen atoms in total. The Balaban J connectivity index is 5.52. The summed E-state index contributed by atoms with van der Waals surface area (Å²) in [7, 11) is 0. The Bertz CT molecular complexity index is 2010. The van der Waals surface area contributed by atoms with E-state index >= 15 is 0 Å². The molecule has 31 heteroatoms. The quantitative estimate of drug-likeness (QED) is 0.00742. The van der Waals surface area contributed by atoms with Crippen LogP contribution in [0.3, 0.4) is 0 Å². The highest BCUT2D eigenvalue weighted by molar-refractivity contribution is 7.80. The lowest BCUT2D eigenvalue weighted by atomic mass is 10.1. The second-order valence-electron chi connectivity index (χ2n) is 17.2. The Kier molecular flexibility index (Phi) is 39.3. The molecular formula is C46H90N24O6S. The van der Waals surface area contributed by atoms with Gasteiger partial charge in [0.25, 0.3) is 0 Å². The Labute approximate surface area is 457 Å². The molecule has 0 aromatic rings. The summed E-state index contributed by atoms with van der Waals surface area (Å²) in [6.07, 6.45) is 13.4. The summed E-state index contributed by atoms with van der Waals surface area (Å²) in [4.78, 5) is 88.2. The molecular weight excluding hydrogens is 1020 g/mol. The molecule has 4 atom stereocenters. The van der Waals surface area contributed by atoms with Gasteiger partial charge < -0.3 is 110 Å². The van der Waals surface area contributed by atoms with Gasteiger partial charge in [-0.2, -0.15) is 12.6 Å². The lowest BCUT2D eigenvalue weighted by Crippen LogP contribution is -2.51. The Hall–Kier alpha value is -7.64. The third kappa shape index (κ3) is 42.3. The van der Waals surface area contributed by atoms with Crippen LogP contribution in [0.1, 0.15) is 65.7 Å². The van der Waals surface area contributed by atoms with E-state index in [1.54, 1.807) is 37.3 Å². The fourth-order valence-electron chi connectivity index (χ4n) is 6.10. The van der Waals surface area contributed by atoms with E-state index in [4.69, 9.17) is 45.9 Å². The van der Waals surface area contributed by atoms with E-state index < -0.39 is 54.6 Å². The van der Waals surface area contributed by atoms with Crippen molar-refractivity contribution >= 4 is 66.6 Å². The Morgan fingerprint density at radius 3 is 1.71 bits per heavy atom. The van der Waals surface area contributed by atoms with Crippen LogP contribution in [-0.4, -0.2) is 156 Å². The Morgan fingerprint density at radius 2 is 1.14 bits per heavy atom. The fourth-order valence-corrected chi connectivity index (χ4v) is 6.37. The van der Waals surface area contributed by atoms with Gasteiger partial charge in [-0.05, 0) is 69.8 Å². The van der Waals surface area contributed by atoms with Crippen molar-refractivity contribution in [1.82, 2.24) is 69.1 Å². The van der Waals surface area contributed by atoms with Crippen LogP contribution in [0.2, 0.25) is 0 Å². The molecule has 0 aliphatic heterocycles. The number of guanidine groups is 2. The molecule has 0 spiro atoms. The third-order valence-corrected chi connectivity index (χ3v) is 10.5. The van der Waals surface area contributed by atoms with Crippen LogP contribution in [0.4, 0.5) is 28.8 Å². The summed E-state index contributed by atoms with van der Waals surface area (Å²) in [5.74, 6) is 1.28. The average Bonchev–Trinajstić information content (AvgIpc) is 3.36. The monoisotopic (exact) mass is 1110 g/mol. The van der Waals surface area contributed by atoms with Crippen molar-refractivity contribution in [1.29, 1.82) is 0 Å². The predicted molar refractivity (Wildman–Crippen MR) is 308 cm³/mol. The number of carbonyl (C=O) groups excluding carboxylic acids is 6. The average molecular weight is 1110 g/mol. The highest BCUT2D eigenvalue weighted by Gasteiger charge is 2.17. The zero-order valence-corrected chi connectivity index (χ0v) is 45.7. The van der Waals surface area contributed by atoms with Crippen molar-refractivity contribution in [3.05, 3.63) is 60.1 Å². The molecule has 0 heterocycles. The lowest BCUT2D eigenvalue weighted by molar-refractivity contribution is 0.230. The first-order valence-corrected chi connectivity index (χ1v) is 25.9. The van der Waals surface area contributed by atoms with Gasteiger partial charge >= 0.3 is 36.2 Å². The molecule has 0 rings (SSSR count). The summed E-state index contributed by atoms with van der Waals surface area (Å²) in [5.41, 5.74) is 45.3. The van der Waals surface area contributed by atoms with Gasteiger partial charge in [-0.1, -0.05) is 44.7 Å². The lowest BCUT2D eigenvalue weighted by Gasteiger charge is -2.22. The minimum absolute atomic E-state index is 0.00333. The molecule has 0 aliphatic rings. The number of amides is 12. The van der Waals surface area contributed by atoms with Gasteiger partial charge in [0.2, 0.25) is 0 Å². The molecule has 0 saturated carbocycles. The first-order chi connectivity index (χ1) is 36.6. The molecule has 4 unspecified atom stereocenters. The SMILES string of the molecule is C=C(CCS)NC(CCCN=C(N)C(C)CC)CNC(=O)NCCNC(=O)NC(CCCN=C(N)N)CNC(=O)N/C(=C\C=C\CCNC(N)N)CNC(=O)NC(C)CNC(=O)N/C(=C\C=C\CN=C(N)N)CNC(N)=O. The normalized spacial score (nSPS) is 13.3. The van der Waals surface area contributed by atoms with Crippen LogP contribution in [0.15, 0.2) is 75.1 Å². The maximum absolute atomic E-state index is 13.3. The van der Waals surface area contributed by atoms with Crippen molar-refractivity contribution < 1.29 is 28.8 Å². The maximum Gasteiger partial charge on any atom is 0.319 e. The number of amidine groups is 1. The van der Waals surface area contributed by atoms with Crippen molar-refractivity contribution in [3.63, 3.8) is 0 Å². The van der Waals surface area contributed by atoms with Gasteiger partial charge in [0.15, 0.2) is 11.9 Å². The predicted octanol–water partition coefficient (Wildman–Crippen LogP) is -2.73. The first-order valence-electron chi connectivity index (χ1n) is 25.3. The van der Waals surface area contributed by atoms with Crippen molar-refractivity contribution in [2.24, 2.45) is 66.8 Å². The number of rotatable bonds is 39. The van der Waals surface area contributed by atoms with E-state index in [0.29, 0.717) is 63.3 Å². The van der Waals surface area contributed by atoms with Crippen molar-refractivity contribution in [3.8, 4) is 0 Å². The van der Waals surface area contributed by atoms with Crippen molar-refractivity contribution in [2.45, 2.75) is 90.1 Å². The standard InChI is InChI=1S/C46H90N24O6S/c1-5-30(2)37(47)55-20-11-15-33(66-31(3)17-24-77)27-63-42(72)59-22-23-60-43(73)68-36(16-12-21-58-40(52)53)29-65-46(76)70-35(13-7-6-9-18-56-38(48)49)28-64-44(74)67-32(4)25-62-45(75)69-34(26-61-41(54)71)14-8-10-19-57-39(50)51/h6-8,10,13-14,30,32-33,36,38,56,66,77H,3,5,9,11-12,15-29,48-49H2,1-2,4H3,(H2,47,55)(H4,50,51,57)(H4,52,53,58)(H3,54,61,71)(H2,59,63,72)(H2,60,68,73)(H2,62,69,75)(H2,64,67,74)(H2,65,70,76)/b7-6+,10-8+,34-14-,35-13-. The van der Waals surface area contributed by atoms with Gasteiger partial charge in [0, 0.05) is 93.5 Å². The highest BCUT2D eigenvalue weighted by Crippen LogP contribution is 2.06. The third-order valence-electron chi connectivity index (χ3n) is 10.3. The van der Waals surface area contributed by atoms with E-state index in [1.165, 1.54) is 6.08 Å². The van der Waals surface area contributed by atoms with Crippen LogP contribution in [0, 0.1) is 5.92 Å². The van der Waals surface area contributed by atoms with Crippen LogP contribution in [0.25, 0.3) is 0 Å². The van der Waals surface area contributed by atoms with Crippen LogP contribution >= 0.6 is 12.6 Å². The Morgan fingerprint density at radius 1 is 0.610 bits per heavy atom. The number of nitrogens with two attached hydrogens (primary N) is 8. The van der Waals surface area contributed by atoms with E-state index in [2.05, 4.69) is 110 Å². The first kappa shape index (κ1) is 69.4. The highest BCUT2D eigenvalue weighted by atomic mass is 32.1. The van der Waals surface area contributed by atoms with Gasteiger partial charge in [0.1, 0.15) is 6.29 Å². The second-order valence-corrected chi connectivity index (χ2v) is 17.7. The molecule has 0 fully saturated rings. The number of thiol groups is 1. The molecule has 0 aromatic heterocycles. The molecule has 0 saturated heterocycles. The number of allylic oxidation sites excluding steroid dienone is 5. The number of urea groups is 6. The number of nitrogens with one attached hydrogen (secondary N) is 13. The molecule has 0 bridgehead atoms. The van der Waals surface area contributed by atoms with Crippen LogP contribution < -0.4 is 115 Å². The zero-order valence-electron chi connectivity index (χ0n) is 44.9. The summed E-state index contributed by atoms with van der Waals surface area (Å²) < 4.78 is 0. The molecule has 29 N–H and O–H groups in total. The zero-order chi connectivity index (χ0) is 57.8. The number of nitrogens with zero attached hydrogens (tertiary/aromatic N) is 3. The smallest absolute Gasteiger partial charge is 0.319 e. The number of primary amides is 1. The van der Waals surface area contributed by atoms with Gasteiger partial charge in [-0.3, -0.25) is 15.3 Å².